The zero-order valence-electron chi connectivity index (χ0n) is 16.4. The van der Waals surface area contributed by atoms with Crippen molar-refractivity contribution in [3.05, 3.63) is 12.1 Å². The van der Waals surface area contributed by atoms with Crippen molar-refractivity contribution in [3.8, 4) is 11.5 Å². The number of nitrogens with one attached hydrogen (secondary N) is 1. The molecule has 2 heterocycles. The van der Waals surface area contributed by atoms with Gasteiger partial charge in [0.05, 0.1) is 16.9 Å². The van der Waals surface area contributed by atoms with Crippen LogP contribution >= 0.6 is 0 Å². The van der Waals surface area contributed by atoms with Crippen molar-refractivity contribution in [2.24, 2.45) is 0 Å². The highest BCUT2D eigenvalue weighted by molar-refractivity contribution is 6.64. The zero-order chi connectivity index (χ0) is 19.3. The van der Waals surface area contributed by atoms with Crippen LogP contribution < -0.4 is 20.3 Å². The number of carbonyl (C=O) groups is 1. The molecule has 2 aliphatic heterocycles. The molecule has 26 heavy (non-hydrogen) atoms. The fourth-order valence-electron chi connectivity index (χ4n) is 2.69. The highest BCUT2D eigenvalue weighted by Gasteiger charge is 2.52. The summed E-state index contributed by atoms with van der Waals surface area (Å²) in [4.78, 5) is 12.3. The number of anilines is 1. The SMILES string of the molecule is CC(C)(C)OC(=O)Nc1c(B2OC(C)(C)C(C)(C)O2)ccc2c1OCO2. The van der Waals surface area contributed by atoms with Crippen LogP contribution in [0.15, 0.2) is 12.1 Å². The average molecular weight is 363 g/mol. The Bertz CT molecular complexity index is 709. The smallest absolute Gasteiger partial charge is 0.454 e. The van der Waals surface area contributed by atoms with Crippen molar-refractivity contribution in [1.82, 2.24) is 0 Å². The quantitative estimate of drug-likeness (QED) is 0.814. The predicted molar refractivity (Wildman–Crippen MR) is 98.1 cm³/mol. The molecule has 1 amide bonds. The summed E-state index contributed by atoms with van der Waals surface area (Å²) in [6, 6.07) is 3.59. The van der Waals surface area contributed by atoms with Gasteiger partial charge in [-0.1, -0.05) is 6.07 Å². The Morgan fingerprint density at radius 2 is 1.73 bits per heavy atom. The first-order valence-electron chi connectivity index (χ1n) is 8.68. The highest BCUT2D eigenvalue weighted by Crippen LogP contribution is 2.41. The van der Waals surface area contributed by atoms with E-state index in [4.69, 9.17) is 23.5 Å². The molecule has 8 heteroatoms. The van der Waals surface area contributed by atoms with Crippen LogP contribution in [0.5, 0.6) is 11.5 Å². The number of ether oxygens (including phenoxy) is 3. The lowest BCUT2D eigenvalue weighted by Gasteiger charge is -2.32. The van der Waals surface area contributed by atoms with E-state index < -0.39 is 30.0 Å². The molecule has 0 saturated carbocycles. The number of benzene rings is 1. The Labute approximate surface area is 154 Å². The molecule has 1 N–H and O–H groups in total. The van der Waals surface area contributed by atoms with Crippen LogP contribution in [0.2, 0.25) is 0 Å². The van der Waals surface area contributed by atoms with Crippen LogP contribution in [0.1, 0.15) is 48.5 Å². The Hall–Kier alpha value is -1.93. The van der Waals surface area contributed by atoms with Crippen LogP contribution in [-0.4, -0.2) is 36.8 Å². The lowest BCUT2D eigenvalue weighted by molar-refractivity contribution is 0.00578. The normalized spacial score (nSPS) is 20.2. The number of hydrogen-bond acceptors (Lipinski definition) is 6. The van der Waals surface area contributed by atoms with E-state index in [0.717, 1.165) is 0 Å². The third kappa shape index (κ3) is 3.48. The van der Waals surface area contributed by atoms with E-state index >= 15 is 0 Å². The molecule has 0 aliphatic carbocycles. The fourth-order valence-corrected chi connectivity index (χ4v) is 2.69. The maximum Gasteiger partial charge on any atom is 0.497 e. The maximum absolute atomic E-state index is 12.3. The summed E-state index contributed by atoms with van der Waals surface area (Å²) in [5.41, 5.74) is -0.537. The summed E-state index contributed by atoms with van der Waals surface area (Å²) in [7, 11) is -0.653. The van der Waals surface area contributed by atoms with Crippen molar-refractivity contribution in [2.75, 3.05) is 12.1 Å². The molecule has 142 valence electrons. The number of hydrogen-bond donors (Lipinski definition) is 1. The summed E-state index contributed by atoms with van der Waals surface area (Å²) in [6.45, 7) is 13.4. The van der Waals surface area contributed by atoms with Crippen molar-refractivity contribution in [3.63, 3.8) is 0 Å². The lowest BCUT2D eigenvalue weighted by Crippen LogP contribution is -2.41. The Kier molecular flexibility index (Phi) is 4.39. The van der Waals surface area contributed by atoms with Crippen LogP contribution in [0, 0.1) is 0 Å². The minimum Gasteiger partial charge on any atom is -0.454 e. The first kappa shape index (κ1) is 18.9. The van der Waals surface area contributed by atoms with Gasteiger partial charge in [0.2, 0.25) is 6.79 Å². The van der Waals surface area contributed by atoms with Crippen LogP contribution in [0.4, 0.5) is 10.5 Å². The molecule has 3 rings (SSSR count). The van der Waals surface area contributed by atoms with Gasteiger partial charge in [0.15, 0.2) is 11.5 Å². The van der Waals surface area contributed by atoms with Crippen molar-refractivity contribution in [2.45, 2.75) is 65.3 Å². The molecule has 0 atom stereocenters. The average Bonchev–Trinajstić information content (AvgIpc) is 3.00. The summed E-state index contributed by atoms with van der Waals surface area (Å²) in [5.74, 6) is 0.999. The van der Waals surface area contributed by atoms with Gasteiger partial charge < -0.3 is 23.5 Å². The van der Waals surface area contributed by atoms with E-state index in [1.54, 1.807) is 26.8 Å². The molecule has 1 saturated heterocycles. The van der Waals surface area contributed by atoms with E-state index in [0.29, 0.717) is 22.6 Å². The van der Waals surface area contributed by atoms with E-state index in [9.17, 15) is 4.79 Å². The van der Waals surface area contributed by atoms with E-state index in [1.807, 2.05) is 33.8 Å². The molecule has 7 nitrogen and oxygen atoms in total. The highest BCUT2D eigenvalue weighted by atomic mass is 16.7. The first-order chi connectivity index (χ1) is 11.9. The second-order valence-corrected chi connectivity index (χ2v) is 8.48. The van der Waals surface area contributed by atoms with Gasteiger partial charge in [-0.25, -0.2) is 4.79 Å². The number of fused-ring (bicyclic) bond motifs is 1. The van der Waals surface area contributed by atoms with Crippen LogP contribution in [0.25, 0.3) is 0 Å². The molecule has 1 aromatic carbocycles. The topological polar surface area (TPSA) is 75.3 Å². The Morgan fingerprint density at radius 3 is 2.31 bits per heavy atom. The van der Waals surface area contributed by atoms with Crippen LogP contribution in [0.3, 0.4) is 0 Å². The van der Waals surface area contributed by atoms with Crippen molar-refractivity contribution in [1.29, 1.82) is 0 Å². The molecule has 1 fully saturated rings. The van der Waals surface area contributed by atoms with Crippen molar-refractivity contribution >= 4 is 24.4 Å². The maximum atomic E-state index is 12.3. The van der Waals surface area contributed by atoms with Gasteiger partial charge in [-0.05, 0) is 54.5 Å². The van der Waals surface area contributed by atoms with E-state index in [1.165, 1.54) is 0 Å². The molecule has 0 aromatic heterocycles. The van der Waals surface area contributed by atoms with Gasteiger partial charge in [0.1, 0.15) is 5.60 Å². The van der Waals surface area contributed by atoms with E-state index in [-0.39, 0.29) is 6.79 Å². The monoisotopic (exact) mass is 363 g/mol. The predicted octanol–water partition coefficient (Wildman–Crippen LogP) is 3.06. The standard InChI is InChI=1S/C18H26BNO6/c1-16(2,3)24-15(21)20-13-11(8-9-12-14(13)23-10-22-12)19-25-17(4,5)18(6,7)26-19/h8-9H,10H2,1-7H3,(H,20,21). The van der Waals surface area contributed by atoms with E-state index in [2.05, 4.69) is 5.32 Å². The molecule has 0 unspecified atom stereocenters. The van der Waals surface area contributed by atoms with Crippen molar-refractivity contribution < 1.29 is 28.3 Å². The van der Waals surface area contributed by atoms with Crippen LogP contribution in [-0.2, 0) is 14.0 Å². The molecule has 0 spiro atoms. The summed E-state index contributed by atoms with van der Waals surface area (Å²) < 4.78 is 28.6. The summed E-state index contributed by atoms with van der Waals surface area (Å²) >= 11 is 0. The third-order valence-electron chi connectivity index (χ3n) is 4.70. The van der Waals surface area contributed by atoms with Gasteiger partial charge >= 0.3 is 13.2 Å². The Balaban J connectivity index is 1.95. The molecule has 0 radical (unpaired) electrons. The molecule has 1 aromatic rings. The van der Waals surface area contributed by atoms with Gasteiger partial charge in [-0.15, -0.1) is 0 Å². The molecule has 0 bridgehead atoms. The molecular weight excluding hydrogens is 337 g/mol. The second kappa shape index (κ2) is 6.06. The Morgan fingerprint density at radius 1 is 1.12 bits per heavy atom. The zero-order valence-corrected chi connectivity index (χ0v) is 16.4. The summed E-state index contributed by atoms with van der Waals surface area (Å²) in [6.07, 6.45) is -0.584. The lowest BCUT2D eigenvalue weighted by atomic mass is 9.77. The summed E-state index contributed by atoms with van der Waals surface area (Å²) in [5, 5.41) is 2.77. The first-order valence-corrected chi connectivity index (χ1v) is 8.68. The largest absolute Gasteiger partial charge is 0.497 e. The van der Waals surface area contributed by atoms with Gasteiger partial charge in [0.25, 0.3) is 0 Å². The number of rotatable bonds is 2. The number of amides is 1. The van der Waals surface area contributed by atoms with Gasteiger partial charge in [0, 0.05) is 5.46 Å². The third-order valence-corrected chi connectivity index (χ3v) is 4.70. The minimum absolute atomic E-state index is 0.0884. The molecule has 2 aliphatic rings. The number of carbonyl (C=O) groups excluding carboxylic acids is 1. The van der Waals surface area contributed by atoms with Gasteiger partial charge in [-0.2, -0.15) is 0 Å². The fraction of sp³-hybridized carbons (Fsp3) is 0.611. The van der Waals surface area contributed by atoms with Gasteiger partial charge in [-0.3, -0.25) is 5.32 Å². The second-order valence-electron chi connectivity index (χ2n) is 8.48. The molecular formula is C18H26BNO6. The minimum atomic E-state index is -0.653.